The van der Waals surface area contributed by atoms with Crippen molar-refractivity contribution in [1.29, 1.82) is 5.26 Å². The fourth-order valence-electron chi connectivity index (χ4n) is 1.35. The minimum absolute atomic E-state index is 0.472. The molecule has 0 amide bonds. The fourth-order valence-corrected chi connectivity index (χ4v) is 1.35. The molecule has 0 bridgehead atoms. The van der Waals surface area contributed by atoms with Gasteiger partial charge in [-0.1, -0.05) is 55.1 Å². The Kier molecular flexibility index (Phi) is 4.82. The molecule has 0 aromatic heterocycles. The molecular formula is C15H15N. The molecule has 0 spiro atoms. The van der Waals surface area contributed by atoms with Crippen LogP contribution < -0.4 is 0 Å². The summed E-state index contributed by atoms with van der Waals surface area (Å²) in [5, 5.41) is 8.56. The second-order valence-electron chi connectivity index (χ2n) is 3.50. The highest BCUT2D eigenvalue weighted by Crippen LogP contribution is 2.14. The summed E-state index contributed by atoms with van der Waals surface area (Å²) in [7, 11) is 0. The second-order valence-corrected chi connectivity index (χ2v) is 3.50. The standard InChI is InChI=1S/C15H15N/c1-3-4-5-6-13(2)15-9-7-14(8-10-15)11-12-16/h3-10H,1,11H2,2H3/b5-4-,13-6+. The van der Waals surface area contributed by atoms with Gasteiger partial charge in [-0.05, 0) is 23.6 Å². The van der Waals surface area contributed by atoms with Gasteiger partial charge in [-0.2, -0.15) is 5.26 Å². The van der Waals surface area contributed by atoms with Gasteiger partial charge in [0.05, 0.1) is 12.5 Å². The van der Waals surface area contributed by atoms with E-state index in [1.165, 1.54) is 11.1 Å². The first kappa shape index (κ1) is 12.0. The highest BCUT2D eigenvalue weighted by atomic mass is 14.2. The lowest BCUT2D eigenvalue weighted by molar-refractivity contribution is 1.26. The van der Waals surface area contributed by atoms with Crippen LogP contribution in [-0.2, 0) is 6.42 Å². The highest BCUT2D eigenvalue weighted by molar-refractivity contribution is 5.65. The van der Waals surface area contributed by atoms with Crippen LogP contribution in [0.4, 0.5) is 0 Å². The summed E-state index contributed by atoms with van der Waals surface area (Å²) in [6.45, 7) is 5.68. The van der Waals surface area contributed by atoms with E-state index in [4.69, 9.17) is 5.26 Å². The minimum Gasteiger partial charge on any atom is -0.198 e. The lowest BCUT2D eigenvalue weighted by Gasteiger charge is -2.01. The first-order chi connectivity index (χ1) is 7.77. The molecule has 0 unspecified atom stereocenters. The van der Waals surface area contributed by atoms with E-state index in [2.05, 4.69) is 19.6 Å². The molecule has 1 rings (SSSR count). The molecule has 0 heterocycles. The predicted molar refractivity (Wildman–Crippen MR) is 68.7 cm³/mol. The number of rotatable bonds is 4. The summed E-state index contributed by atoms with van der Waals surface area (Å²) in [6.07, 6.45) is 8.12. The van der Waals surface area contributed by atoms with Crippen LogP contribution >= 0.6 is 0 Å². The molecule has 0 aliphatic heterocycles. The molecule has 1 heteroatoms. The van der Waals surface area contributed by atoms with E-state index in [-0.39, 0.29) is 0 Å². The van der Waals surface area contributed by atoms with Crippen LogP contribution in [0.25, 0.3) is 5.57 Å². The topological polar surface area (TPSA) is 23.8 Å². The second kappa shape index (κ2) is 6.42. The number of hydrogen-bond donors (Lipinski definition) is 0. The van der Waals surface area contributed by atoms with Gasteiger partial charge in [0.2, 0.25) is 0 Å². The third kappa shape index (κ3) is 3.59. The maximum atomic E-state index is 8.56. The Bertz CT molecular complexity index is 441. The van der Waals surface area contributed by atoms with Crippen molar-refractivity contribution in [2.24, 2.45) is 0 Å². The third-order valence-electron chi connectivity index (χ3n) is 2.29. The van der Waals surface area contributed by atoms with Crippen molar-refractivity contribution in [3.8, 4) is 6.07 Å². The van der Waals surface area contributed by atoms with Crippen LogP contribution in [0, 0.1) is 11.3 Å². The Balaban J connectivity index is 2.81. The van der Waals surface area contributed by atoms with Gasteiger partial charge in [0, 0.05) is 0 Å². The third-order valence-corrected chi connectivity index (χ3v) is 2.29. The number of allylic oxidation sites excluding steroid dienone is 5. The van der Waals surface area contributed by atoms with Crippen molar-refractivity contribution in [2.75, 3.05) is 0 Å². The molecule has 16 heavy (non-hydrogen) atoms. The Morgan fingerprint density at radius 2 is 2.00 bits per heavy atom. The van der Waals surface area contributed by atoms with Gasteiger partial charge in [0.15, 0.2) is 0 Å². The molecule has 0 saturated heterocycles. The van der Waals surface area contributed by atoms with E-state index in [0.29, 0.717) is 6.42 Å². The van der Waals surface area contributed by atoms with Crippen LogP contribution in [0.3, 0.4) is 0 Å². The van der Waals surface area contributed by atoms with Crippen LogP contribution in [0.1, 0.15) is 18.1 Å². The van der Waals surface area contributed by atoms with Gasteiger partial charge in [0.1, 0.15) is 0 Å². The van der Waals surface area contributed by atoms with E-state index >= 15 is 0 Å². The van der Waals surface area contributed by atoms with Crippen molar-refractivity contribution in [1.82, 2.24) is 0 Å². The van der Waals surface area contributed by atoms with Gasteiger partial charge in [-0.25, -0.2) is 0 Å². The summed E-state index contributed by atoms with van der Waals surface area (Å²) in [5.41, 5.74) is 3.43. The number of nitriles is 1. The van der Waals surface area contributed by atoms with Gasteiger partial charge in [-0.15, -0.1) is 0 Å². The van der Waals surface area contributed by atoms with Gasteiger partial charge < -0.3 is 0 Å². The van der Waals surface area contributed by atoms with Crippen molar-refractivity contribution in [3.05, 3.63) is 66.3 Å². The maximum Gasteiger partial charge on any atom is 0.0669 e. The van der Waals surface area contributed by atoms with Crippen molar-refractivity contribution < 1.29 is 0 Å². The first-order valence-electron chi connectivity index (χ1n) is 5.20. The minimum atomic E-state index is 0.472. The molecule has 0 radical (unpaired) electrons. The van der Waals surface area contributed by atoms with Gasteiger partial charge in [-0.3, -0.25) is 0 Å². The molecule has 0 fully saturated rings. The van der Waals surface area contributed by atoms with Gasteiger partial charge >= 0.3 is 0 Å². The first-order valence-corrected chi connectivity index (χ1v) is 5.20. The Labute approximate surface area is 97.0 Å². The Morgan fingerprint density at radius 3 is 2.56 bits per heavy atom. The highest BCUT2D eigenvalue weighted by Gasteiger charge is 1.95. The summed E-state index contributed by atoms with van der Waals surface area (Å²) in [5.74, 6) is 0. The van der Waals surface area contributed by atoms with Crippen molar-refractivity contribution in [3.63, 3.8) is 0 Å². The molecule has 80 valence electrons. The van der Waals surface area contributed by atoms with Crippen LogP contribution in [-0.4, -0.2) is 0 Å². The molecule has 0 N–H and O–H groups in total. The van der Waals surface area contributed by atoms with E-state index in [0.717, 1.165) is 5.56 Å². The fraction of sp³-hybridized carbons (Fsp3) is 0.133. The van der Waals surface area contributed by atoms with Crippen LogP contribution in [0.15, 0.2) is 55.1 Å². The molecule has 0 atom stereocenters. The zero-order valence-corrected chi connectivity index (χ0v) is 9.48. The van der Waals surface area contributed by atoms with E-state index in [1.54, 1.807) is 6.08 Å². The van der Waals surface area contributed by atoms with Crippen LogP contribution in [0.5, 0.6) is 0 Å². The van der Waals surface area contributed by atoms with E-state index in [9.17, 15) is 0 Å². The smallest absolute Gasteiger partial charge is 0.0669 e. The average Bonchev–Trinajstić information content (AvgIpc) is 2.30. The number of nitrogens with zero attached hydrogens (tertiary/aromatic N) is 1. The zero-order valence-electron chi connectivity index (χ0n) is 9.48. The Hall–Kier alpha value is -2.07. The molecule has 0 aliphatic carbocycles. The monoisotopic (exact) mass is 209 g/mol. The quantitative estimate of drug-likeness (QED) is 0.690. The lowest BCUT2D eigenvalue weighted by atomic mass is 10.0. The largest absolute Gasteiger partial charge is 0.198 e. The zero-order chi connectivity index (χ0) is 11.8. The molecule has 1 aromatic rings. The summed E-state index contributed by atoms with van der Waals surface area (Å²) in [4.78, 5) is 0. The summed E-state index contributed by atoms with van der Waals surface area (Å²) in [6, 6.07) is 10.2. The maximum absolute atomic E-state index is 8.56. The summed E-state index contributed by atoms with van der Waals surface area (Å²) >= 11 is 0. The molecule has 1 aromatic carbocycles. The lowest BCUT2D eigenvalue weighted by Crippen LogP contribution is -1.83. The SMILES string of the molecule is C=C/C=C\C=C(/C)c1ccc(CC#N)cc1. The Morgan fingerprint density at radius 1 is 1.31 bits per heavy atom. The predicted octanol–water partition coefficient (Wildman–Crippen LogP) is 3.90. The molecular weight excluding hydrogens is 194 g/mol. The normalized spacial score (nSPS) is 11.4. The van der Waals surface area contributed by atoms with Crippen molar-refractivity contribution >= 4 is 5.57 Å². The van der Waals surface area contributed by atoms with Gasteiger partial charge in [0.25, 0.3) is 0 Å². The summed E-state index contributed by atoms with van der Waals surface area (Å²) < 4.78 is 0. The molecule has 0 saturated carbocycles. The number of hydrogen-bond acceptors (Lipinski definition) is 1. The average molecular weight is 209 g/mol. The van der Waals surface area contributed by atoms with Crippen molar-refractivity contribution in [2.45, 2.75) is 13.3 Å². The number of benzene rings is 1. The van der Waals surface area contributed by atoms with E-state index in [1.807, 2.05) is 42.5 Å². The van der Waals surface area contributed by atoms with Crippen LogP contribution in [0.2, 0.25) is 0 Å². The molecule has 0 aliphatic rings. The molecule has 1 nitrogen and oxygen atoms in total. The van der Waals surface area contributed by atoms with E-state index < -0.39 is 0 Å².